The molecule has 0 spiro atoms. The summed E-state index contributed by atoms with van der Waals surface area (Å²) >= 11 is 11.1. The number of halogens is 2. The number of nitrogens with one attached hydrogen (secondary N) is 1. The maximum Gasteiger partial charge on any atom is 0.253 e. The molecule has 0 aromatic heterocycles. The van der Waals surface area contributed by atoms with E-state index < -0.39 is 0 Å². The zero-order valence-electron chi connectivity index (χ0n) is 11.4. The SMILES string of the molecule is CSc1ccc(Cl)c(C(=O)NC(CCBr)C(C)C)c1. The van der Waals surface area contributed by atoms with Crippen LogP contribution in [0.5, 0.6) is 0 Å². The van der Waals surface area contributed by atoms with E-state index in [2.05, 4.69) is 35.1 Å². The third-order valence-corrected chi connectivity index (χ3v) is 4.47. The number of rotatable bonds is 6. The van der Waals surface area contributed by atoms with Crippen LogP contribution in [0.25, 0.3) is 0 Å². The van der Waals surface area contributed by atoms with Crippen molar-refractivity contribution in [2.75, 3.05) is 11.6 Å². The molecule has 1 atom stereocenters. The number of benzene rings is 1. The average molecular weight is 365 g/mol. The lowest BCUT2D eigenvalue weighted by molar-refractivity contribution is 0.0925. The summed E-state index contributed by atoms with van der Waals surface area (Å²) < 4.78 is 0. The van der Waals surface area contributed by atoms with E-state index in [0.29, 0.717) is 16.5 Å². The standard InChI is InChI=1S/C14H19BrClNOS/c1-9(2)13(6-7-15)17-14(18)11-8-10(19-3)4-5-12(11)16/h4-5,8-9,13H,6-7H2,1-3H3,(H,17,18). The fourth-order valence-corrected chi connectivity index (χ4v) is 2.88. The second-order valence-corrected chi connectivity index (χ2v) is 6.73. The minimum Gasteiger partial charge on any atom is -0.349 e. The largest absolute Gasteiger partial charge is 0.349 e. The van der Waals surface area contributed by atoms with Gasteiger partial charge in [0, 0.05) is 16.3 Å². The highest BCUT2D eigenvalue weighted by atomic mass is 79.9. The lowest BCUT2D eigenvalue weighted by atomic mass is 10.0. The number of thioether (sulfide) groups is 1. The Morgan fingerprint density at radius 1 is 1.47 bits per heavy atom. The maximum atomic E-state index is 12.3. The summed E-state index contributed by atoms with van der Waals surface area (Å²) in [7, 11) is 0. The topological polar surface area (TPSA) is 29.1 Å². The number of hydrogen-bond acceptors (Lipinski definition) is 2. The van der Waals surface area contributed by atoms with Crippen LogP contribution in [-0.4, -0.2) is 23.5 Å². The summed E-state index contributed by atoms with van der Waals surface area (Å²) in [6.45, 7) is 4.21. The van der Waals surface area contributed by atoms with Crippen molar-refractivity contribution in [3.05, 3.63) is 28.8 Å². The molecule has 1 rings (SSSR count). The third kappa shape index (κ3) is 5.01. The van der Waals surface area contributed by atoms with E-state index in [0.717, 1.165) is 16.6 Å². The smallest absolute Gasteiger partial charge is 0.253 e. The van der Waals surface area contributed by atoms with Crippen LogP contribution in [0.4, 0.5) is 0 Å². The Kier molecular flexibility index (Phi) is 7.26. The molecule has 0 fully saturated rings. The first kappa shape index (κ1) is 16.9. The van der Waals surface area contributed by atoms with Gasteiger partial charge >= 0.3 is 0 Å². The molecule has 5 heteroatoms. The molecule has 0 aliphatic heterocycles. The van der Waals surface area contributed by atoms with E-state index in [1.165, 1.54) is 0 Å². The Morgan fingerprint density at radius 3 is 2.68 bits per heavy atom. The molecule has 106 valence electrons. The van der Waals surface area contributed by atoms with Gasteiger partial charge in [-0.1, -0.05) is 41.4 Å². The normalized spacial score (nSPS) is 12.5. The van der Waals surface area contributed by atoms with Gasteiger partial charge in [-0.25, -0.2) is 0 Å². The minimum atomic E-state index is -0.0967. The van der Waals surface area contributed by atoms with Gasteiger partial charge in [0.15, 0.2) is 0 Å². The molecule has 1 amide bonds. The zero-order chi connectivity index (χ0) is 14.4. The fourth-order valence-electron chi connectivity index (χ4n) is 1.74. The van der Waals surface area contributed by atoms with Crippen LogP contribution in [0.3, 0.4) is 0 Å². The van der Waals surface area contributed by atoms with Crippen LogP contribution in [0, 0.1) is 5.92 Å². The van der Waals surface area contributed by atoms with E-state index in [1.54, 1.807) is 17.8 Å². The maximum absolute atomic E-state index is 12.3. The molecule has 2 nitrogen and oxygen atoms in total. The van der Waals surface area contributed by atoms with Gasteiger partial charge in [-0.3, -0.25) is 4.79 Å². The van der Waals surface area contributed by atoms with Gasteiger partial charge < -0.3 is 5.32 Å². The first-order valence-electron chi connectivity index (χ1n) is 6.20. The lowest BCUT2D eigenvalue weighted by Gasteiger charge is -2.22. The van der Waals surface area contributed by atoms with E-state index in [9.17, 15) is 4.79 Å². The Hall–Kier alpha value is -0.190. The van der Waals surface area contributed by atoms with E-state index in [-0.39, 0.29) is 11.9 Å². The zero-order valence-corrected chi connectivity index (χ0v) is 14.5. The summed E-state index contributed by atoms with van der Waals surface area (Å²) in [6.07, 6.45) is 2.88. The monoisotopic (exact) mass is 363 g/mol. The second-order valence-electron chi connectivity index (χ2n) is 4.65. The van der Waals surface area contributed by atoms with Crippen LogP contribution in [0.15, 0.2) is 23.1 Å². The highest BCUT2D eigenvalue weighted by Crippen LogP contribution is 2.23. The average Bonchev–Trinajstić information content (AvgIpc) is 2.38. The molecule has 0 saturated carbocycles. The van der Waals surface area contributed by atoms with Crippen molar-refractivity contribution < 1.29 is 4.79 Å². The van der Waals surface area contributed by atoms with Crippen molar-refractivity contribution in [3.8, 4) is 0 Å². The third-order valence-electron chi connectivity index (χ3n) is 2.96. The van der Waals surface area contributed by atoms with Gasteiger partial charge in [-0.15, -0.1) is 11.8 Å². The first-order chi connectivity index (χ1) is 8.99. The molecule has 1 aromatic rings. The fraction of sp³-hybridized carbons (Fsp3) is 0.500. The molecule has 1 aromatic carbocycles. The van der Waals surface area contributed by atoms with Crippen LogP contribution in [-0.2, 0) is 0 Å². The highest BCUT2D eigenvalue weighted by Gasteiger charge is 2.18. The highest BCUT2D eigenvalue weighted by molar-refractivity contribution is 9.09. The van der Waals surface area contributed by atoms with Gasteiger partial charge in [0.1, 0.15) is 0 Å². The summed E-state index contributed by atoms with van der Waals surface area (Å²) in [5, 5.41) is 4.43. The summed E-state index contributed by atoms with van der Waals surface area (Å²) in [6, 6.07) is 5.69. The van der Waals surface area contributed by atoms with Crippen molar-refractivity contribution in [2.24, 2.45) is 5.92 Å². The molecule has 19 heavy (non-hydrogen) atoms. The van der Waals surface area contributed by atoms with Gasteiger partial charge in [0.2, 0.25) is 0 Å². The van der Waals surface area contributed by atoms with E-state index >= 15 is 0 Å². The number of carbonyl (C=O) groups excluding carboxylic acids is 1. The Bertz CT molecular complexity index is 439. The van der Waals surface area contributed by atoms with Crippen LogP contribution in [0.1, 0.15) is 30.6 Å². The molecular formula is C14H19BrClNOS. The predicted octanol–water partition coefficient (Wildman–Crippen LogP) is 4.60. The predicted molar refractivity (Wildman–Crippen MR) is 87.7 cm³/mol. The van der Waals surface area contributed by atoms with Crippen LogP contribution >= 0.6 is 39.3 Å². The Labute approximate surface area is 132 Å². The van der Waals surface area contributed by atoms with Crippen molar-refractivity contribution >= 4 is 45.2 Å². The van der Waals surface area contributed by atoms with Gasteiger partial charge in [0.25, 0.3) is 5.91 Å². The Morgan fingerprint density at radius 2 is 2.16 bits per heavy atom. The lowest BCUT2D eigenvalue weighted by Crippen LogP contribution is -2.39. The molecule has 0 heterocycles. The van der Waals surface area contributed by atoms with E-state index in [1.807, 2.05) is 18.4 Å². The first-order valence-corrected chi connectivity index (χ1v) is 8.92. The summed E-state index contributed by atoms with van der Waals surface area (Å²) in [4.78, 5) is 13.3. The molecule has 0 aliphatic carbocycles. The minimum absolute atomic E-state index is 0.0967. The summed E-state index contributed by atoms with van der Waals surface area (Å²) in [5.74, 6) is 0.296. The van der Waals surface area contributed by atoms with Crippen LogP contribution in [0.2, 0.25) is 5.02 Å². The van der Waals surface area contributed by atoms with Crippen LogP contribution < -0.4 is 5.32 Å². The van der Waals surface area contributed by atoms with Crippen molar-refractivity contribution in [1.29, 1.82) is 0 Å². The molecule has 0 radical (unpaired) electrons. The summed E-state index contributed by atoms with van der Waals surface area (Å²) in [5.41, 5.74) is 0.550. The number of alkyl halides is 1. The molecule has 0 saturated heterocycles. The molecular weight excluding hydrogens is 346 g/mol. The number of hydrogen-bond donors (Lipinski definition) is 1. The van der Waals surface area contributed by atoms with Crippen molar-refractivity contribution in [2.45, 2.75) is 31.2 Å². The Balaban J connectivity index is 2.87. The van der Waals surface area contributed by atoms with E-state index in [4.69, 9.17) is 11.6 Å². The molecule has 0 aliphatic rings. The van der Waals surface area contributed by atoms with Crippen molar-refractivity contribution in [1.82, 2.24) is 5.32 Å². The quantitative estimate of drug-likeness (QED) is 0.590. The number of carbonyl (C=O) groups is 1. The molecule has 1 unspecified atom stereocenters. The molecule has 1 N–H and O–H groups in total. The van der Waals surface area contributed by atoms with Crippen molar-refractivity contribution in [3.63, 3.8) is 0 Å². The molecule has 0 bridgehead atoms. The van der Waals surface area contributed by atoms with Gasteiger partial charge in [0.05, 0.1) is 10.6 Å². The van der Waals surface area contributed by atoms with Gasteiger partial charge in [-0.05, 0) is 36.8 Å². The second kappa shape index (κ2) is 8.18. The van der Waals surface area contributed by atoms with Gasteiger partial charge in [-0.2, -0.15) is 0 Å². The number of amides is 1.